The van der Waals surface area contributed by atoms with Gasteiger partial charge in [-0.3, -0.25) is 4.79 Å². The van der Waals surface area contributed by atoms with E-state index in [9.17, 15) is 9.18 Å². The van der Waals surface area contributed by atoms with E-state index in [-0.39, 0.29) is 23.5 Å². The largest absolute Gasteiger partial charge is 0.358 e. The second-order valence-corrected chi connectivity index (χ2v) is 4.32. The molecule has 0 aliphatic rings. The summed E-state index contributed by atoms with van der Waals surface area (Å²) in [5, 5.41) is 5.73. The topological polar surface area (TPSA) is 41.1 Å². The first kappa shape index (κ1) is 14.2. The Bertz CT molecular complexity index is 426. The minimum absolute atomic E-state index is 0.0191. The highest BCUT2D eigenvalue weighted by Gasteiger charge is 2.17. The molecular formula is C11H13Cl2FN2O. The van der Waals surface area contributed by atoms with E-state index in [1.54, 1.807) is 6.92 Å². The van der Waals surface area contributed by atoms with Crippen LogP contribution in [0.2, 0.25) is 10.0 Å². The van der Waals surface area contributed by atoms with Crippen molar-refractivity contribution in [3.05, 3.63) is 33.6 Å². The van der Waals surface area contributed by atoms with Gasteiger partial charge in [-0.1, -0.05) is 23.2 Å². The Labute approximate surface area is 109 Å². The van der Waals surface area contributed by atoms with Crippen LogP contribution in [0.5, 0.6) is 0 Å². The summed E-state index contributed by atoms with van der Waals surface area (Å²) in [6.45, 7) is 1.87. The number of rotatable bonds is 4. The SMILES string of the molecule is CNC(=O)CNC(C)c1c(Cl)ccc(F)c1Cl. The normalized spacial score (nSPS) is 12.3. The average molecular weight is 279 g/mol. The summed E-state index contributed by atoms with van der Waals surface area (Å²) in [5.41, 5.74) is 0.456. The van der Waals surface area contributed by atoms with E-state index in [1.807, 2.05) is 0 Å². The molecule has 1 rings (SSSR count). The van der Waals surface area contributed by atoms with Crippen LogP contribution in [0, 0.1) is 5.82 Å². The first-order chi connectivity index (χ1) is 7.97. The van der Waals surface area contributed by atoms with Crippen molar-refractivity contribution in [3.8, 4) is 0 Å². The molecule has 0 spiro atoms. The predicted molar refractivity (Wildman–Crippen MR) is 66.9 cm³/mol. The fourth-order valence-electron chi connectivity index (χ4n) is 1.38. The summed E-state index contributed by atoms with van der Waals surface area (Å²) in [7, 11) is 1.54. The number of hydrogen-bond acceptors (Lipinski definition) is 2. The molecule has 1 aromatic carbocycles. The van der Waals surface area contributed by atoms with E-state index in [2.05, 4.69) is 10.6 Å². The Morgan fingerprint density at radius 2 is 2.12 bits per heavy atom. The van der Waals surface area contributed by atoms with Crippen LogP contribution >= 0.6 is 23.2 Å². The van der Waals surface area contributed by atoms with Crippen molar-refractivity contribution in [2.24, 2.45) is 0 Å². The molecule has 1 aromatic rings. The maximum absolute atomic E-state index is 13.3. The van der Waals surface area contributed by atoms with E-state index in [0.29, 0.717) is 10.6 Å². The number of carbonyl (C=O) groups is 1. The standard InChI is InChI=1S/C11H13Cl2FN2O/c1-6(16-5-9(17)15-2)10-7(12)3-4-8(14)11(10)13/h3-4,6,16H,5H2,1-2H3,(H,15,17). The highest BCUT2D eigenvalue weighted by molar-refractivity contribution is 6.36. The maximum Gasteiger partial charge on any atom is 0.233 e. The van der Waals surface area contributed by atoms with Crippen LogP contribution in [0.3, 0.4) is 0 Å². The van der Waals surface area contributed by atoms with Crippen molar-refractivity contribution >= 4 is 29.1 Å². The summed E-state index contributed by atoms with van der Waals surface area (Å²) in [5.74, 6) is -0.694. The van der Waals surface area contributed by atoms with Crippen molar-refractivity contribution in [1.82, 2.24) is 10.6 Å². The third-order valence-electron chi connectivity index (χ3n) is 2.36. The molecule has 94 valence electrons. The number of benzene rings is 1. The first-order valence-electron chi connectivity index (χ1n) is 5.04. The Hall–Kier alpha value is -0.840. The second-order valence-electron chi connectivity index (χ2n) is 3.53. The predicted octanol–water partition coefficient (Wildman–Crippen LogP) is 2.53. The molecule has 1 unspecified atom stereocenters. The number of carbonyl (C=O) groups excluding carboxylic acids is 1. The van der Waals surface area contributed by atoms with E-state index < -0.39 is 5.82 Å². The lowest BCUT2D eigenvalue weighted by Gasteiger charge is -2.17. The number of hydrogen-bond donors (Lipinski definition) is 2. The molecule has 0 bridgehead atoms. The zero-order chi connectivity index (χ0) is 13.0. The van der Waals surface area contributed by atoms with Crippen LogP contribution in [-0.4, -0.2) is 19.5 Å². The molecule has 0 aliphatic carbocycles. The number of likely N-dealkylation sites (N-methyl/N-ethyl adjacent to an activating group) is 1. The monoisotopic (exact) mass is 278 g/mol. The highest BCUT2D eigenvalue weighted by Crippen LogP contribution is 2.32. The van der Waals surface area contributed by atoms with Crippen LogP contribution < -0.4 is 10.6 Å². The fourth-order valence-corrected chi connectivity index (χ4v) is 2.07. The van der Waals surface area contributed by atoms with Gasteiger partial charge in [0, 0.05) is 23.7 Å². The minimum Gasteiger partial charge on any atom is -0.358 e. The molecule has 3 nitrogen and oxygen atoms in total. The Kier molecular flexibility index (Phi) is 5.18. The maximum atomic E-state index is 13.3. The Morgan fingerprint density at radius 1 is 1.47 bits per heavy atom. The Morgan fingerprint density at radius 3 is 2.71 bits per heavy atom. The van der Waals surface area contributed by atoms with Gasteiger partial charge in [-0.15, -0.1) is 0 Å². The van der Waals surface area contributed by atoms with Gasteiger partial charge < -0.3 is 10.6 Å². The van der Waals surface area contributed by atoms with Gasteiger partial charge in [0.25, 0.3) is 0 Å². The van der Waals surface area contributed by atoms with Crippen molar-refractivity contribution in [2.45, 2.75) is 13.0 Å². The molecule has 0 radical (unpaired) electrons. The van der Waals surface area contributed by atoms with Crippen LogP contribution in [0.1, 0.15) is 18.5 Å². The molecule has 1 amide bonds. The molecule has 0 fully saturated rings. The third-order valence-corrected chi connectivity index (χ3v) is 3.07. The third kappa shape index (κ3) is 3.56. The number of halogens is 3. The summed E-state index contributed by atoms with van der Waals surface area (Å²) in [4.78, 5) is 11.1. The lowest BCUT2D eigenvalue weighted by Crippen LogP contribution is -2.33. The molecule has 1 atom stereocenters. The van der Waals surface area contributed by atoms with E-state index >= 15 is 0 Å². The average Bonchev–Trinajstić information content (AvgIpc) is 2.31. The van der Waals surface area contributed by atoms with Crippen LogP contribution in [0.4, 0.5) is 4.39 Å². The quantitative estimate of drug-likeness (QED) is 0.831. The first-order valence-corrected chi connectivity index (χ1v) is 5.80. The van der Waals surface area contributed by atoms with Gasteiger partial charge in [0.2, 0.25) is 5.91 Å². The molecule has 0 saturated carbocycles. The van der Waals surface area contributed by atoms with Crippen LogP contribution in [-0.2, 0) is 4.79 Å². The summed E-state index contributed by atoms with van der Waals surface area (Å²) < 4.78 is 13.3. The van der Waals surface area contributed by atoms with Crippen molar-refractivity contribution in [3.63, 3.8) is 0 Å². The fraction of sp³-hybridized carbons (Fsp3) is 0.364. The molecule has 2 N–H and O–H groups in total. The molecule has 17 heavy (non-hydrogen) atoms. The van der Waals surface area contributed by atoms with Crippen LogP contribution in [0.15, 0.2) is 12.1 Å². The number of amides is 1. The van der Waals surface area contributed by atoms with Gasteiger partial charge in [0.05, 0.1) is 11.6 Å². The minimum atomic E-state index is -0.528. The molecule has 0 aromatic heterocycles. The summed E-state index contributed by atoms with van der Waals surface area (Å²) in [6, 6.07) is 2.33. The lowest BCUT2D eigenvalue weighted by atomic mass is 10.1. The summed E-state index contributed by atoms with van der Waals surface area (Å²) in [6.07, 6.45) is 0. The van der Waals surface area contributed by atoms with Crippen molar-refractivity contribution in [2.75, 3.05) is 13.6 Å². The van der Waals surface area contributed by atoms with Crippen LogP contribution in [0.25, 0.3) is 0 Å². The summed E-state index contributed by atoms with van der Waals surface area (Å²) >= 11 is 11.8. The van der Waals surface area contributed by atoms with Gasteiger partial charge in [-0.25, -0.2) is 4.39 Å². The molecule has 0 aliphatic heterocycles. The second kappa shape index (κ2) is 6.19. The molecule has 0 heterocycles. The molecule has 6 heteroatoms. The van der Waals surface area contributed by atoms with Gasteiger partial charge in [-0.05, 0) is 19.1 Å². The van der Waals surface area contributed by atoms with E-state index in [1.165, 1.54) is 19.2 Å². The molecular weight excluding hydrogens is 266 g/mol. The molecule has 0 saturated heterocycles. The Balaban J connectivity index is 2.85. The zero-order valence-electron chi connectivity index (χ0n) is 9.48. The van der Waals surface area contributed by atoms with Crippen molar-refractivity contribution < 1.29 is 9.18 Å². The van der Waals surface area contributed by atoms with E-state index in [0.717, 1.165) is 0 Å². The van der Waals surface area contributed by atoms with Gasteiger partial charge in [-0.2, -0.15) is 0 Å². The van der Waals surface area contributed by atoms with Gasteiger partial charge in [0.1, 0.15) is 5.82 Å². The number of nitrogens with one attached hydrogen (secondary N) is 2. The lowest BCUT2D eigenvalue weighted by molar-refractivity contribution is -0.119. The highest BCUT2D eigenvalue weighted by atomic mass is 35.5. The van der Waals surface area contributed by atoms with Gasteiger partial charge in [0.15, 0.2) is 0 Å². The zero-order valence-corrected chi connectivity index (χ0v) is 11.0. The van der Waals surface area contributed by atoms with E-state index in [4.69, 9.17) is 23.2 Å². The van der Waals surface area contributed by atoms with Gasteiger partial charge >= 0.3 is 0 Å². The van der Waals surface area contributed by atoms with Crippen molar-refractivity contribution in [1.29, 1.82) is 0 Å². The smallest absolute Gasteiger partial charge is 0.233 e.